The van der Waals surface area contributed by atoms with Crippen molar-refractivity contribution in [1.29, 1.82) is 0 Å². The van der Waals surface area contributed by atoms with Crippen LogP contribution in [0.1, 0.15) is 16.0 Å². The van der Waals surface area contributed by atoms with Gasteiger partial charge in [-0.25, -0.2) is 0 Å². The van der Waals surface area contributed by atoms with Gasteiger partial charge in [0.1, 0.15) is 0 Å². The van der Waals surface area contributed by atoms with Crippen LogP contribution in [0.15, 0.2) is 42.5 Å². The fourth-order valence-electron chi connectivity index (χ4n) is 1.99. The lowest BCUT2D eigenvalue weighted by atomic mass is 10.0. The van der Waals surface area contributed by atoms with Gasteiger partial charge in [0.15, 0.2) is 11.5 Å². The van der Waals surface area contributed by atoms with E-state index in [0.29, 0.717) is 0 Å². The molecule has 2 nitrogen and oxygen atoms in total. The molecule has 20 heavy (non-hydrogen) atoms. The van der Waals surface area contributed by atoms with Crippen molar-refractivity contribution in [1.82, 2.24) is 0 Å². The first-order chi connectivity index (χ1) is 9.63. The smallest absolute Gasteiger partial charge is 0.161 e. The van der Waals surface area contributed by atoms with Crippen molar-refractivity contribution in [2.45, 2.75) is 11.2 Å². The second kappa shape index (κ2) is 7.00. The minimum atomic E-state index is 0.212. The average Bonchev–Trinajstić information content (AvgIpc) is 2.48. The zero-order valence-electron chi connectivity index (χ0n) is 11.4. The standard InChI is InChI=1S/C16H16BrClO2/c1-19-15-8-5-12(10-16(15)20-2)14(17)9-11-3-6-13(18)7-4-11/h3-8,10,14H,9H2,1-2H3. The molecule has 1 unspecified atom stereocenters. The van der Waals surface area contributed by atoms with Crippen molar-refractivity contribution >= 4 is 27.5 Å². The Morgan fingerprint density at radius 3 is 2.25 bits per heavy atom. The first kappa shape index (κ1) is 15.2. The van der Waals surface area contributed by atoms with Crippen LogP contribution >= 0.6 is 27.5 Å². The molecule has 2 aromatic carbocycles. The lowest BCUT2D eigenvalue weighted by molar-refractivity contribution is 0.354. The van der Waals surface area contributed by atoms with Crippen molar-refractivity contribution in [3.05, 3.63) is 58.6 Å². The molecule has 2 rings (SSSR count). The molecule has 0 amide bonds. The van der Waals surface area contributed by atoms with E-state index >= 15 is 0 Å². The Hall–Kier alpha value is -1.19. The van der Waals surface area contributed by atoms with E-state index in [1.807, 2.05) is 42.5 Å². The van der Waals surface area contributed by atoms with Crippen LogP contribution in [0.3, 0.4) is 0 Å². The molecule has 0 aliphatic carbocycles. The summed E-state index contributed by atoms with van der Waals surface area (Å²) in [6.45, 7) is 0. The molecule has 0 aliphatic rings. The van der Waals surface area contributed by atoms with Gasteiger partial charge in [-0.05, 0) is 41.8 Å². The highest BCUT2D eigenvalue weighted by atomic mass is 79.9. The molecule has 1 atom stereocenters. The maximum absolute atomic E-state index is 5.90. The number of hydrogen-bond acceptors (Lipinski definition) is 2. The van der Waals surface area contributed by atoms with E-state index in [-0.39, 0.29) is 4.83 Å². The molecule has 0 saturated carbocycles. The number of hydrogen-bond donors (Lipinski definition) is 0. The van der Waals surface area contributed by atoms with Gasteiger partial charge in [-0.15, -0.1) is 0 Å². The topological polar surface area (TPSA) is 18.5 Å². The normalized spacial score (nSPS) is 12.0. The monoisotopic (exact) mass is 354 g/mol. The van der Waals surface area contributed by atoms with Crippen molar-refractivity contribution in [3.63, 3.8) is 0 Å². The van der Waals surface area contributed by atoms with E-state index in [0.717, 1.165) is 28.5 Å². The quantitative estimate of drug-likeness (QED) is 0.700. The number of halogens is 2. The molecule has 0 saturated heterocycles. The van der Waals surface area contributed by atoms with Gasteiger partial charge >= 0.3 is 0 Å². The minimum absolute atomic E-state index is 0.212. The Balaban J connectivity index is 2.16. The Morgan fingerprint density at radius 2 is 1.65 bits per heavy atom. The van der Waals surface area contributed by atoms with E-state index < -0.39 is 0 Å². The van der Waals surface area contributed by atoms with Crippen LogP contribution in [0.4, 0.5) is 0 Å². The maximum atomic E-state index is 5.90. The van der Waals surface area contributed by atoms with E-state index in [4.69, 9.17) is 21.1 Å². The first-order valence-electron chi connectivity index (χ1n) is 6.24. The van der Waals surface area contributed by atoms with Crippen molar-refractivity contribution in [2.24, 2.45) is 0 Å². The minimum Gasteiger partial charge on any atom is -0.493 e. The summed E-state index contributed by atoms with van der Waals surface area (Å²) < 4.78 is 10.6. The number of methoxy groups -OCH3 is 2. The lowest BCUT2D eigenvalue weighted by Crippen LogP contribution is -1.97. The molecule has 0 radical (unpaired) electrons. The predicted octanol–water partition coefficient (Wildman–Crippen LogP) is 5.04. The molecule has 0 fully saturated rings. The molecule has 0 bridgehead atoms. The number of benzene rings is 2. The SMILES string of the molecule is COc1ccc(C(Br)Cc2ccc(Cl)cc2)cc1OC. The lowest BCUT2D eigenvalue weighted by Gasteiger charge is -2.14. The Labute approximate surface area is 132 Å². The van der Waals surface area contributed by atoms with Crippen LogP contribution in [-0.2, 0) is 6.42 Å². The molecule has 106 valence electrons. The molecule has 0 heterocycles. The molecule has 0 spiro atoms. The summed E-state index contributed by atoms with van der Waals surface area (Å²) in [5.41, 5.74) is 2.38. The zero-order chi connectivity index (χ0) is 14.5. The van der Waals surface area contributed by atoms with Crippen LogP contribution in [0.2, 0.25) is 5.02 Å². The van der Waals surface area contributed by atoms with Crippen LogP contribution in [0.5, 0.6) is 11.5 Å². The fourth-order valence-corrected chi connectivity index (χ4v) is 2.78. The summed E-state index contributed by atoms with van der Waals surface area (Å²) in [6.07, 6.45) is 0.882. The molecular formula is C16H16BrClO2. The maximum Gasteiger partial charge on any atom is 0.161 e. The highest BCUT2D eigenvalue weighted by molar-refractivity contribution is 9.09. The van der Waals surface area contributed by atoms with Gasteiger partial charge in [0.05, 0.1) is 14.2 Å². The third kappa shape index (κ3) is 3.68. The molecule has 0 N–H and O–H groups in total. The summed E-state index contributed by atoms with van der Waals surface area (Å²) in [7, 11) is 3.28. The Morgan fingerprint density at radius 1 is 1.00 bits per heavy atom. The predicted molar refractivity (Wildman–Crippen MR) is 86.4 cm³/mol. The molecule has 4 heteroatoms. The second-order valence-electron chi connectivity index (χ2n) is 4.41. The van der Waals surface area contributed by atoms with Gasteiger partial charge in [-0.1, -0.05) is 45.7 Å². The average molecular weight is 356 g/mol. The number of rotatable bonds is 5. The fraction of sp³-hybridized carbons (Fsp3) is 0.250. The molecule has 0 aromatic heterocycles. The highest BCUT2D eigenvalue weighted by Crippen LogP contribution is 2.34. The van der Waals surface area contributed by atoms with Crippen molar-refractivity contribution < 1.29 is 9.47 Å². The number of alkyl halides is 1. The first-order valence-corrected chi connectivity index (χ1v) is 7.54. The van der Waals surface area contributed by atoms with Crippen LogP contribution in [0.25, 0.3) is 0 Å². The third-order valence-corrected chi connectivity index (χ3v) is 4.20. The van der Waals surface area contributed by atoms with Crippen molar-refractivity contribution in [2.75, 3.05) is 14.2 Å². The van der Waals surface area contributed by atoms with Crippen LogP contribution in [0, 0.1) is 0 Å². The van der Waals surface area contributed by atoms with Gasteiger partial charge in [-0.2, -0.15) is 0 Å². The molecule has 2 aromatic rings. The number of ether oxygens (including phenoxy) is 2. The van der Waals surface area contributed by atoms with Gasteiger partial charge < -0.3 is 9.47 Å². The van der Waals surface area contributed by atoms with Crippen molar-refractivity contribution in [3.8, 4) is 11.5 Å². The Bertz CT molecular complexity index is 569. The summed E-state index contributed by atoms with van der Waals surface area (Å²) in [5.74, 6) is 1.48. The van der Waals surface area contributed by atoms with Gasteiger partial charge in [-0.3, -0.25) is 0 Å². The van der Waals surface area contributed by atoms with Gasteiger partial charge in [0, 0.05) is 9.85 Å². The van der Waals surface area contributed by atoms with E-state index in [9.17, 15) is 0 Å². The van der Waals surface area contributed by atoms with Crippen LogP contribution in [-0.4, -0.2) is 14.2 Å². The summed E-state index contributed by atoms with van der Waals surface area (Å²) >= 11 is 9.62. The third-order valence-electron chi connectivity index (χ3n) is 3.10. The summed E-state index contributed by atoms with van der Waals surface area (Å²) in [6, 6.07) is 13.8. The van der Waals surface area contributed by atoms with Gasteiger partial charge in [0.25, 0.3) is 0 Å². The highest BCUT2D eigenvalue weighted by Gasteiger charge is 2.12. The van der Waals surface area contributed by atoms with E-state index in [2.05, 4.69) is 15.9 Å². The molecule has 0 aliphatic heterocycles. The second-order valence-corrected chi connectivity index (χ2v) is 5.95. The largest absolute Gasteiger partial charge is 0.493 e. The summed E-state index contributed by atoms with van der Waals surface area (Å²) in [5, 5.41) is 0.756. The zero-order valence-corrected chi connectivity index (χ0v) is 13.7. The van der Waals surface area contributed by atoms with E-state index in [1.165, 1.54) is 5.56 Å². The van der Waals surface area contributed by atoms with Crippen LogP contribution < -0.4 is 9.47 Å². The Kier molecular flexibility index (Phi) is 5.32. The molecular weight excluding hydrogens is 340 g/mol. The van der Waals surface area contributed by atoms with Gasteiger partial charge in [0.2, 0.25) is 0 Å². The van der Waals surface area contributed by atoms with E-state index in [1.54, 1.807) is 14.2 Å². The summed E-state index contributed by atoms with van der Waals surface area (Å²) in [4.78, 5) is 0.212.